The van der Waals surface area contributed by atoms with Gasteiger partial charge in [-0.15, -0.1) is 0 Å². The third-order valence-corrected chi connectivity index (χ3v) is 1.93. The third-order valence-electron chi connectivity index (χ3n) is 1.93. The van der Waals surface area contributed by atoms with Crippen LogP contribution in [0.5, 0.6) is 6.01 Å². The first-order chi connectivity index (χ1) is 8.01. The fourth-order valence-corrected chi connectivity index (χ4v) is 1.36. The van der Waals surface area contributed by atoms with E-state index in [0.717, 1.165) is 18.8 Å². The van der Waals surface area contributed by atoms with Crippen molar-refractivity contribution in [2.24, 2.45) is 5.92 Å². The summed E-state index contributed by atoms with van der Waals surface area (Å²) in [5.74, 6) is 1.88. The van der Waals surface area contributed by atoms with Crippen molar-refractivity contribution in [3.05, 3.63) is 5.82 Å². The van der Waals surface area contributed by atoms with E-state index in [-0.39, 0.29) is 6.10 Å². The molecule has 0 saturated carbocycles. The lowest BCUT2D eigenvalue weighted by molar-refractivity contribution is 0.220. The lowest BCUT2D eigenvalue weighted by Crippen LogP contribution is -2.14. The number of hydrogen-bond donors (Lipinski definition) is 1. The maximum Gasteiger partial charge on any atom is 0.321 e. The van der Waals surface area contributed by atoms with Gasteiger partial charge in [0, 0.05) is 13.0 Å². The van der Waals surface area contributed by atoms with Crippen molar-refractivity contribution in [3.8, 4) is 6.01 Å². The quantitative estimate of drug-likeness (QED) is 0.824. The van der Waals surface area contributed by atoms with Crippen LogP contribution in [0.1, 0.15) is 40.4 Å². The molecule has 0 aliphatic heterocycles. The molecule has 0 aliphatic carbocycles. The number of nitrogens with one attached hydrogen (secondary N) is 1. The Morgan fingerprint density at radius 2 is 1.82 bits per heavy atom. The van der Waals surface area contributed by atoms with Gasteiger partial charge in [-0.1, -0.05) is 13.8 Å². The fourth-order valence-electron chi connectivity index (χ4n) is 1.36. The van der Waals surface area contributed by atoms with E-state index < -0.39 is 0 Å². The van der Waals surface area contributed by atoms with Crippen molar-refractivity contribution in [2.75, 3.05) is 11.9 Å². The van der Waals surface area contributed by atoms with E-state index in [1.807, 2.05) is 20.8 Å². The van der Waals surface area contributed by atoms with Crippen LogP contribution in [0.2, 0.25) is 0 Å². The molecule has 1 N–H and O–H groups in total. The molecule has 5 nitrogen and oxygen atoms in total. The zero-order valence-corrected chi connectivity index (χ0v) is 11.3. The van der Waals surface area contributed by atoms with Gasteiger partial charge in [0.15, 0.2) is 0 Å². The van der Waals surface area contributed by atoms with Gasteiger partial charge in [-0.25, -0.2) is 0 Å². The molecule has 0 saturated heterocycles. The second kappa shape index (κ2) is 6.37. The smallest absolute Gasteiger partial charge is 0.321 e. The van der Waals surface area contributed by atoms with Crippen molar-refractivity contribution in [1.82, 2.24) is 15.0 Å². The molecule has 0 unspecified atom stereocenters. The summed E-state index contributed by atoms with van der Waals surface area (Å²) in [5, 5.41) is 3.09. The van der Waals surface area contributed by atoms with Gasteiger partial charge in [0.05, 0.1) is 6.10 Å². The van der Waals surface area contributed by atoms with Gasteiger partial charge in [0.1, 0.15) is 5.82 Å². The predicted octanol–water partition coefficient (Wildman–Crippen LogP) is 2.29. The van der Waals surface area contributed by atoms with Crippen LogP contribution in [0.3, 0.4) is 0 Å². The Bertz CT molecular complexity index is 324. The Kier molecular flexibility index (Phi) is 5.12. The Morgan fingerprint density at radius 3 is 2.35 bits per heavy atom. The van der Waals surface area contributed by atoms with Gasteiger partial charge in [-0.2, -0.15) is 15.0 Å². The molecule has 0 amide bonds. The maximum atomic E-state index is 5.52. The molecule has 1 aromatic rings. The van der Waals surface area contributed by atoms with Crippen molar-refractivity contribution in [1.29, 1.82) is 0 Å². The largest absolute Gasteiger partial charge is 0.461 e. The maximum absolute atomic E-state index is 5.52. The van der Waals surface area contributed by atoms with Gasteiger partial charge in [-0.3, -0.25) is 0 Å². The lowest BCUT2D eigenvalue weighted by Gasteiger charge is -2.11. The highest BCUT2D eigenvalue weighted by atomic mass is 16.5. The van der Waals surface area contributed by atoms with Gasteiger partial charge >= 0.3 is 6.01 Å². The van der Waals surface area contributed by atoms with Gasteiger partial charge in [0.2, 0.25) is 5.95 Å². The molecule has 17 heavy (non-hydrogen) atoms. The van der Waals surface area contributed by atoms with Crippen molar-refractivity contribution in [2.45, 2.75) is 47.1 Å². The number of ether oxygens (including phenoxy) is 1. The summed E-state index contributed by atoms with van der Waals surface area (Å²) in [4.78, 5) is 12.9. The van der Waals surface area contributed by atoms with Crippen LogP contribution in [0.25, 0.3) is 0 Å². The Labute approximate surface area is 103 Å². The number of nitrogens with zero attached hydrogens (tertiary/aromatic N) is 3. The molecule has 5 heteroatoms. The lowest BCUT2D eigenvalue weighted by atomic mass is 10.1. The van der Waals surface area contributed by atoms with Crippen LogP contribution in [-0.2, 0) is 6.42 Å². The third kappa shape index (κ3) is 4.97. The number of anilines is 1. The topological polar surface area (TPSA) is 59.9 Å². The SMILES string of the molecule is CCNc1nc(CC(C)C)nc(OC(C)C)n1. The van der Waals surface area contributed by atoms with Crippen molar-refractivity contribution in [3.63, 3.8) is 0 Å². The first-order valence-electron chi connectivity index (χ1n) is 6.16. The van der Waals surface area contributed by atoms with E-state index in [9.17, 15) is 0 Å². The number of hydrogen-bond acceptors (Lipinski definition) is 5. The summed E-state index contributed by atoms with van der Waals surface area (Å²) in [7, 11) is 0. The van der Waals surface area contributed by atoms with E-state index in [1.54, 1.807) is 0 Å². The molecule has 0 radical (unpaired) electrons. The second-order valence-electron chi connectivity index (χ2n) is 4.65. The Morgan fingerprint density at radius 1 is 1.12 bits per heavy atom. The summed E-state index contributed by atoms with van der Waals surface area (Å²) in [6.45, 7) is 11.0. The molecule has 1 aromatic heterocycles. The van der Waals surface area contributed by atoms with Crippen LogP contribution >= 0.6 is 0 Å². The molecule has 0 aromatic carbocycles. The first kappa shape index (κ1) is 13.7. The molecule has 1 heterocycles. The summed E-state index contributed by atoms with van der Waals surface area (Å²) in [6.07, 6.45) is 0.897. The second-order valence-corrected chi connectivity index (χ2v) is 4.65. The normalized spacial score (nSPS) is 11.0. The molecular weight excluding hydrogens is 216 g/mol. The first-order valence-corrected chi connectivity index (χ1v) is 6.16. The van der Waals surface area contributed by atoms with Crippen molar-refractivity contribution < 1.29 is 4.74 Å². The Hall–Kier alpha value is -1.39. The predicted molar refractivity (Wildman–Crippen MR) is 68.3 cm³/mol. The molecule has 96 valence electrons. The van der Waals surface area contributed by atoms with E-state index in [2.05, 4.69) is 34.1 Å². The fraction of sp³-hybridized carbons (Fsp3) is 0.750. The van der Waals surface area contributed by atoms with Crippen LogP contribution in [-0.4, -0.2) is 27.6 Å². The van der Waals surface area contributed by atoms with E-state index >= 15 is 0 Å². The van der Waals surface area contributed by atoms with Crippen LogP contribution in [0.4, 0.5) is 5.95 Å². The minimum Gasteiger partial charge on any atom is -0.461 e. The van der Waals surface area contributed by atoms with Crippen molar-refractivity contribution >= 4 is 5.95 Å². The number of rotatable bonds is 6. The molecule has 0 spiro atoms. The van der Waals surface area contributed by atoms with Crippen LogP contribution in [0, 0.1) is 5.92 Å². The summed E-state index contributed by atoms with van der Waals surface area (Å²) >= 11 is 0. The standard InChI is InChI=1S/C12H22N4O/c1-6-13-11-14-10(7-8(2)3)15-12(16-11)17-9(4)5/h8-9H,6-7H2,1-5H3,(H,13,14,15,16). The molecule has 0 atom stereocenters. The molecular formula is C12H22N4O. The molecule has 0 aliphatic rings. The zero-order valence-electron chi connectivity index (χ0n) is 11.3. The monoisotopic (exact) mass is 238 g/mol. The van der Waals surface area contributed by atoms with Crippen LogP contribution < -0.4 is 10.1 Å². The highest BCUT2D eigenvalue weighted by Crippen LogP contribution is 2.12. The minimum absolute atomic E-state index is 0.0683. The van der Waals surface area contributed by atoms with E-state index in [0.29, 0.717) is 17.9 Å². The average molecular weight is 238 g/mol. The minimum atomic E-state index is 0.0683. The highest BCUT2D eigenvalue weighted by molar-refractivity contribution is 5.25. The van der Waals surface area contributed by atoms with Gasteiger partial charge < -0.3 is 10.1 Å². The molecule has 1 rings (SSSR count). The van der Waals surface area contributed by atoms with E-state index in [4.69, 9.17) is 4.74 Å². The van der Waals surface area contributed by atoms with E-state index in [1.165, 1.54) is 0 Å². The molecule has 0 bridgehead atoms. The average Bonchev–Trinajstić information content (AvgIpc) is 2.14. The van der Waals surface area contributed by atoms with Gasteiger partial charge in [0.25, 0.3) is 0 Å². The highest BCUT2D eigenvalue weighted by Gasteiger charge is 2.09. The Balaban J connectivity index is 2.91. The van der Waals surface area contributed by atoms with Gasteiger partial charge in [-0.05, 0) is 26.7 Å². The summed E-state index contributed by atoms with van der Waals surface area (Å²) in [6, 6.07) is 0.404. The zero-order chi connectivity index (χ0) is 12.8. The number of aromatic nitrogens is 3. The summed E-state index contributed by atoms with van der Waals surface area (Å²) < 4.78 is 5.52. The van der Waals surface area contributed by atoms with Crippen LogP contribution in [0.15, 0.2) is 0 Å². The summed E-state index contributed by atoms with van der Waals surface area (Å²) in [5.41, 5.74) is 0. The molecule has 0 fully saturated rings.